The number of hydrogen-bond acceptors (Lipinski definition) is 4. The third-order valence-corrected chi connectivity index (χ3v) is 7.07. The van der Waals surface area contributed by atoms with Crippen molar-refractivity contribution in [2.75, 3.05) is 38.0 Å². The molecule has 2 aromatic carbocycles. The molecule has 2 aromatic rings. The van der Waals surface area contributed by atoms with Crippen LogP contribution in [0.1, 0.15) is 6.42 Å². The summed E-state index contributed by atoms with van der Waals surface area (Å²) >= 11 is 3.29. The van der Waals surface area contributed by atoms with Gasteiger partial charge in [0.05, 0.1) is 4.90 Å². The van der Waals surface area contributed by atoms with Crippen molar-refractivity contribution in [3.05, 3.63) is 59.1 Å². The molecule has 0 unspecified atom stereocenters. The highest BCUT2D eigenvalue weighted by Crippen LogP contribution is 2.21. The molecule has 1 aliphatic heterocycles. The Kier molecular flexibility index (Phi) is 7.46. The highest BCUT2D eigenvalue weighted by atomic mass is 79.9. The number of nitrogens with one attached hydrogen (secondary N) is 2. The molecule has 0 aliphatic carbocycles. The average molecular weight is 495 g/mol. The first-order valence-electron chi connectivity index (χ1n) is 9.49. The predicted molar refractivity (Wildman–Crippen MR) is 118 cm³/mol. The van der Waals surface area contributed by atoms with E-state index in [2.05, 4.69) is 26.6 Å². The van der Waals surface area contributed by atoms with E-state index in [0.717, 1.165) is 0 Å². The molecule has 0 saturated carbocycles. The first kappa shape index (κ1) is 22.3. The van der Waals surface area contributed by atoms with Crippen molar-refractivity contribution in [2.24, 2.45) is 0 Å². The van der Waals surface area contributed by atoms with E-state index in [-0.39, 0.29) is 42.9 Å². The molecule has 0 bridgehead atoms. The number of carbonyl (C=O) groups is 2. The summed E-state index contributed by atoms with van der Waals surface area (Å²) in [6, 6.07) is 15.2. The number of piperazine rings is 1. The quantitative estimate of drug-likeness (QED) is 0.644. The monoisotopic (exact) mass is 494 g/mol. The van der Waals surface area contributed by atoms with E-state index < -0.39 is 10.0 Å². The fourth-order valence-electron chi connectivity index (χ4n) is 3.09. The van der Waals surface area contributed by atoms with Crippen molar-refractivity contribution in [3.8, 4) is 0 Å². The van der Waals surface area contributed by atoms with Gasteiger partial charge in [-0.3, -0.25) is 4.79 Å². The van der Waals surface area contributed by atoms with Crippen LogP contribution >= 0.6 is 15.9 Å². The topological polar surface area (TPSA) is 98.8 Å². The van der Waals surface area contributed by atoms with E-state index in [4.69, 9.17) is 0 Å². The first-order valence-corrected chi connectivity index (χ1v) is 11.7. The van der Waals surface area contributed by atoms with Crippen LogP contribution in [0.25, 0.3) is 0 Å². The zero-order valence-corrected chi connectivity index (χ0v) is 18.7. The summed E-state index contributed by atoms with van der Waals surface area (Å²) in [5.41, 5.74) is 0.670. The van der Waals surface area contributed by atoms with Crippen LogP contribution in [0.5, 0.6) is 0 Å². The van der Waals surface area contributed by atoms with Gasteiger partial charge in [0, 0.05) is 49.3 Å². The number of hydrogen-bond donors (Lipinski definition) is 2. The maximum Gasteiger partial charge on any atom is 0.319 e. The van der Waals surface area contributed by atoms with Gasteiger partial charge in [-0.1, -0.05) is 40.2 Å². The van der Waals surface area contributed by atoms with Gasteiger partial charge in [-0.15, -0.1) is 0 Å². The summed E-state index contributed by atoms with van der Waals surface area (Å²) in [4.78, 5) is 26.1. The maximum absolute atomic E-state index is 12.8. The molecule has 3 amide bonds. The molecule has 160 valence electrons. The lowest BCUT2D eigenvalue weighted by atomic mass is 10.3. The van der Waals surface area contributed by atoms with E-state index in [1.54, 1.807) is 41.3 Å². The summed E-state index contributed by atoms with van der Waals surface area (Å²) in [5.74, 6) is -0.116. The molecule has 1 saturated heterocycles. The number of rotatable bonds is 6. The largest absolute Gasteiger partial charge is 0.340 e. The fraction of sp³-hybridized carbons (Fsp3) is 0.300. The normalized spacial score (nSPS) is 14.9. The Labute approximate surface area is 184 Å². The molecule has 0 aromatic heterocycles. The van der Waals surface area contributed by atoms with E-state index in [0.29, 0.717) is 23.2 Å². The van der Waals surface area contributed by atoms with E-state index in [1.165, 1.54) is 4.31 Å². The summed E-state index contributed by atoms with van der Waals surface area (Å²) in [6.45, 7) is 1.32. The first-order chi connectivity index (χ1) is 14.4. The predicted octanol–water partition coefficient (Wildman–Crippen LogP) is 2.49. The number of amides is 3. The van der Waals surface area contributed by atoms with Gasteiger partial charge in [0.15, 0.2) is 0 Å². The van der Waals surface area contributed by atoms with E-state index in [9.17, 15) is 18.0 Å². The van der Waals surface area contributed by atoms with Crippen molar-refractivity contribution in [1.82, 2.24) is 14.5 Å². The molecule has 0 radical (unpaired) electrons. The Hall–Kier alpha value is -2.43. The molecule has 3 rings (SSSR count). The number of halogens is 1. The van der Waals surface area contributed by atoms with Gasteiger partial charge in [-0.05, 0) is 30.3 Å². The highest BCUT2D eigenvalue weighted by molar-refractivity contribution is 9.10. The zero-order valence-electron chi connectivity index (χ0n) is 16.3. The van der Waals surface area contributed by atoms with Crippen molar-refractivity contribution in [3.63, 3.8) is 0 Å². The number of benzene rings is 2. The summed E-state index contributed by atoms with van der Waals surface area (Å²) in [7, 11) is -3.59. The van der Waals surface area contributed by atoms with Crippen LogP contribution in [0.3, 0.4) is 0 Å². The molecular weight excluding hydrogens is 472 g/mol. The van der Waals surface area contributed by atoms with Gasteiger partial charge in [0.1, 0.15) is 0 Å². The number of nitrogens with zero attached hydrogens (tertiary/aromatic N) is 2. The van der Waals surface area contributed by atoms with Crippen LogP contribution in [0.2, 0.25) is 0 Å². The maximum atomic E-state index is 12.8. The SMILES string of the molecule is O=C(NCCC(=O)N1CCN(S(=O)(=O)c2cccc(Br)c2)CC1)Nc1ccccc1. The lowest BCUT2D eigenvalue weighted by molar-refractivity contribution is -0.132. The Balaban J connectivity index is 1.43. The Morgan fingerprint density at radius 3 is 2.33 bits per heavy atom. The molecule has 1 heterocycles. The number of sulfonamides is 1. The highest BCUT2D eigenvalue weighted by Gasteiger charge is 2.30. The minimum absolute atomic E-state index is 0.116. The lowest BCUT2D eigenvalue weighted by Gasteiger charge is -2.34. The van der Waals surface area contributed by atoms with E-state index >= 15 is 0 Å². The second kappa shape index (κ2) is 10.1. The minimum atomic E-state index is -3.59. The Bertz CT molecular complexity index is 993. The molecule has 8 nitrogen and oxygen atoms in total. The number of urea groups is 1. The van der Waals surface area contributed by atoms with Gasteiger partial charge in [-0.2, -0.15) is 4.31 Å². The number of anilines is 1. The van der Waals surface area contributed by atoms with Crippen molar-refractivity contribution in [2.45, 2.75) is 11.3 Å². The van der Waals surface area contributed by atoms with Crippen LogP contribution in [0.4, 0.5) is 10.5 Å². The third-order valence-electron chi connectivity index (χ3n) is 4.68. The van der Waals surface area contributed by atoms with Crippen molar-refractivity contribution >= 4 is 43.6 Å². The fourth-order valence-corrected chi connectivity index (χ4v) is 5.11. The molecule has 1 aliphatic rings. The molecule has 1 fully saturated rings. The molecule has 0 spiro atoms. The minimum Gasteiger partial charge on any atom is -0.340 e. The lowest BCUT2D eigenvalue weighted by Crippen LogP contribution is -2.50. The molecule has 0 atom stereocenters. The van der Waals surface area contributed by atoms with Crippen LogP contribution in [0, 0.1) is 0 Å². The van der Waals surface area contributed by atoms with Crippen LogP contribution < -0.4 is 10.6 Å². The van der Waals surface area contributed by atoms with Crippen LogP contribution in [-0.2, 0) is 14.8 Å². The standard InChI is InChI=1S/C20H23BrN4O4S/c21-16-5-4-8-18(15-16)30(28,29)25-13-11-24(12-14-25)19(26)9-10-22-20(27)23-17-6-2-1-3-7-17/h1-8,15H,9-14H2,(H2,22,23,27). The zero-order chi connectivity index (χ0) is 21.6. The number of para-hydroxylation sites is 1. The van der Waals surface area contributed by atoms with Gasteiger partial charge < -0.3 is 15.5 Å². The molecule has 2 N–H and O–H groups in total. The smallest absolute Gasteiger partial charge is 0.319 e. The Morgan fingerprint density at radius 2 is 1.67 bits per heavy atom. The van der Waals surface area contributed by atoms with E-state index in [1.807, 2.05) is 18.2 Å². The second-order valence-electron chi connectivity index (χ2n) is 6.74. The number of carbonyl (C=O) groups excluding carboxylic acids is 2. The van der Waals surface area contributed by atoms with Gasteiger partial charge in [0.2, 0.25) is 15.9 Å². The van der Waals surface area contributed by atoms with Crippen molar-refractivity contribution < 1.29 is 18.0 Å². The molecular formula is C20H23BrN4O4S. The second-order valence-corrected chi connectivity index (χ2v) is 9.59. The van der Waals surface area contributed by atoms with Gasteiger partial charge in [0.25, 0.3) is 0 Å². The molecule has 10 heteroatoms. The van der Waals surface area contributed by atoms with Gasteiger partial charge in [-0.25, -0.2) is 13.2 Å². The summed E-state index contributed by atoms with van der Waals surface area (Å²) in [6.07, 6.45) is 0.153. The van der Waals surface area contributed by atoms with Crippen LogP contribution in [-0.4, -0.2) is 62.3 Å². The molecule has 30 heavy (non-hydrogen) atoms. The van der Waals surface area contributed by atoms with Crippen molar-refractivity contribution in [1.29, 1.82) is 0 Å². The average Bonchev–Trinajstić information content (AvgIpc) is 2.74. The third kappa shape index (κ3) is 5.80. The summed E-state index contributed by atoms with van der Waals surface area (Å²) < 4.78 is 27.6. The Morgan fingerprint density at radius 1 is 0.967 bits per heavy atom. The van der Waals surface area contributed by atoms with Gasteiger partial charge >= 0.3 is 6.03 Å². The summed E-state index contributed by atoms with van der Waals surface area (Å²) in [5, 5.41) is 5.34. The van der Waals surface area contributed by atoms with Crippen LogP contribution in [0.15, 0.2) is 64.0 Å².